The predicted molar refractivity (Wildman–Crippen MR) is 125 cm³/mol. The van der Waals surface area contributed by atoms with Gasteiger partial charge in [0, 0.05) is 17.8 Å². The lowest BCUT2D eigenvalue weighted by Gasteiger charge is -2.12. The number of aromatic nitrogens is 4. The van der Waals surface area contributed by atoms with Gasteiger partial charge in [0.2, 0.25) is 5.95 Å². The molecule has 1 saturated carbocycles. The van der Waals surface area contributed by atoms with Gasteiger partial charge in [-0.3, -0.25) is 0 Å². The van der Waals surface area contributed by atoms with E-state index in [0.717, 1.165) is 41.7 Å². The maximum Gasteiger partial charge on any atom is 0.223 e. The fraction of sp³-hybridized carbons (Fsp3) is 0.522. The zero-order valence-corrected chi connectivity index (χ0v) is 19.0. The minimum Gasteiger partial charge on any atom is -0.351 e. The van der Waals surface area contributed by atoms with Crippen LogP contribution in [0.2, 0.25) is 5.15 Å². The summed E-state index contributed by atoms with van der Waals surface area (Å²) in [5.74, 6) is 0.706. The van der Waals surface area contributed by atoms with Gasteiger partial charge in [0.25, 0.3) is 0 Å². The maximum absolute atomic E-state index is 6.36. The van der Waals surface area contributed by atoms with Crippen LogP contribution in [0.1, 0.15) is 65.0 Å². The number of hydrogen-bond acceptors (Lipinski definition) is 5. The highest BCUT2D eigenvalue weighted by atomic mass is 35.5. The summed E-state index contributed by atoms with van der Waals surface area (Å²) in [6.07, 6.45) is 9.92. The number of rotatable bonds is 6. The van der Waals surface area contributed by atoms with Crippen LogP contribution < -0.4 is 11.1 Å². The van der Waals surface area contributed by atoms with Crippen molar-refractivity contribution in [1.29, 1.82) is 0 Å². The Morgan fingerprint density at radius 1 is 1.23 bits per heavy atom. The number of pyridine rings is 1. The molecule has 162 valence electrons. The molecule has 3 heterocycles. The van der Waals surface area contributed by atoms with Gasteiger partial charge < -0.3 is 11.1 Å². The summed E-state index contributed by atoms with van der Waals surface area (Å²) in [5.41, 5.74) is 9.13. The molecule has 3 aromatic rings. The van der Waals surface area contributed by atoms with Crippen molar-refractivity contribution in [3.05, 3.63) is 41.3 Å². The molecule has 0 aliphatic heterocycles. The molecule has 0 spiro atoms. The fourth-order valence-corrected chi connectivity index (χ4v) is 3.90. The third-order valence-corrected chi connectivity index (χ3v) is 5.34. The average molecular weight is 429 g/mol. The van der Waals surface area contributed by atoms with Crippen molar-refractivity contribution in [1.82, 2.24) is 19.6 Å². The van der Waals surface area contributed by atoms with Gasteiger partial charge in [-0.15, -0.1) is 0 Å². The van der Waals surface area contributed by atoms with Crippen LogP contribution in [0.15, 0.2) is 30.5 Å². The number of nitrogens with two attached hydrogens (primary N) is 1. The highest BCUT2D eigenvalue weighted by Gasteiger charge is 2.19. The molecule has 1 aliphatic carbocycles. The van der Waals surface area contributed by atoms with E-state index in [1.807, 2.05) is 42.8 Å². The molecule has 0 saturated heterocycles. The molecule has 0 bridgehead atoms. The molecule has 0 unspecified atom stereocenters. The van der Waals surface area contributed by atoms with Crippen molar-refractivity contribution < 1.29 is 0 Å². The predicted octanol–water partition coefficient (Wildman–Crippen LogP) is 5.50. The SMILES string of the molecule is CC(C)N.CCCCc1nn2c(Cl)cccc2c1-c1ccnc(NC2CCCC2)n1. The van der Waals surface area contributed by atoms with Gasteiger partial charge in [0.1, 0.15) is 5.15 Å². The Kier molecular flexibility index (Phi) is 8.05. The summed E-state index contributed by atoms with van der Waals surface area (Å²) in [6.45, 7) is 6.08. The van der Waals surface area contributed by atoms with Crippen LogP contribution >= 0.6 is 11.6 Å². The molecule has 0 radical (unpaired) electrons. The number of fused-ring (bicyclic) bond motifs is 1. The molecule has 3 N–H and O–H groups in total. The quantitative estimate of drug-likeness (QED) is 0.507. The fourth-order valence-electron chi connectivity index (χ4n) is 3.70. The van der Waals surface area contributed by atoms with Crippen LogP contribution in [0.4, 0.5) is 5.95 Å². The first-order chi connectivity index (χ1) is 14.5. The van der Waals surface area contributed by atoms with Gasteiger partial charge in [-0.2, -0.15) is 5.10 Å². The number of hydrogen-bond donors (Lipinski definition) is 2. The van der Waals surface area contributed by atoms with Gasteiger partial charge in [-0.05, 0) is 49.9 Å². The number of nitrogens with one attached hydrogen (secondary N) is 1. The number of anilines is 1. The lowest BCUT2D eigenvalue weighted by molar-refractivity contribution is 0.744. The number of nitrogens with zero attached hydrogens (tertiary/aromatic N) is 4. The van der Waals surface area contributed by atoms with E-state index < -0.39 is 0 Å². The Bertz CT molecular complexity index is 943. The van der Waals surface area contributed by atoms with Crippen LogP contribution in [0.25, 0.3) is 16.8 Å². The molecule has 6 nitrogen and oxygen atoms in total. The third kappa shape index (κ3) is 5.70. The lowest BCUT2D eigenvalue weighted by atomic mass is 10.1. The Balaban J connectivity index is 0.000000589. The minimum absolute atomic E-state index is 0.333. The highest BCUT2D eigenvalue weighted by Crippen LogP contribution is 2.31. The molecule has 0 aromatic carbocycles. The normalized spacial score (nSPS) is 14.2. The second kappa shape index (κ2) is 10.7. The summed E-state index contributed by atoms with van der Waals surface area (Å²) in [7, 11) is 0. The van der Waals surface area contributed by atoms with E-state index in [0.29, 0.717) is 23.2 Å². The molecular weight excluding hydrogens is 396 g/mol. The molecule has 0 atom stereocenters. The monoisotopic (exact) mass is 428 g/mol. The topological polar surface area (TPSA) is 81.1 Å². The Morgan fingerprint density at radius 2 is 1.97 bits per heavy atom. The van der Waals surface area contributed by atoms with E-state index in [9.17, 15) is 0 Å². The minimum atomic E-state index is 0.333. The molecule has 1 aliphatic rings. The van der Waals surface area contributed by atoms with Crippen LogP contribution in [-0.4, -0.2) is 31.7 Å². The molecule has 7 heteroatoms. The second-order valence-electron chi connectivity index (χ2n) is 8.21. The lowest BCUT2D eigenvalue weighted by Crippen LogP contribution is -2.16. The zero-order valence-electron chi connectivity index (χ0n) is 18.2. The second-order valence-corrected chi connectivity index (χ2v) is 8.59. The zero-order chi connectivity index (χ0) is 21.5. The van der Waals surface area contributed by atoms with Crippen molar-refractivity contribution in [3.8, 4) is 11.3 Å². The number of unbranched alkanes of at least 4 members (excludes halogenated alkanes) is 1. The summed E-state index contributed by atoms with van der Waals surface area (Å²) in [4.78, 5) is 9.24. The first kappa shape index (κ1) is 22.5. The van der Waals surface area contributed by atoms with Crippen molar-refractivity contribution in [2.24, 2.45) is 5.73 Å². The molecule has 30 heavy (non-hydrogen) atoms. The Morgan fingerprint density at radius 3 is 2.67 bits per heavy atom. The molecule has 3 aromatic heterocycles. The van der Waals surface area contributed by atoms with E-state index in [1.54, 1.807) is 0 Å². The van der Waals surface area contributed by atoms with Crippen molar-refractivity contribution in [2.45, 2.75) is 77.8 Å². The number of aryl methyl sites for hydroxylation is 1. The van der Waals surface area contributed by atoms with Gasteiger partial charge in [0.05, 0.1) is 16.9 Å². The van der Waals surface area contributed by atoms with Gasteiger partial charge in [-0.25, -0.2) is 14.5 Å². The van der Waals surface area contributed by atoms with E-state index in [2.05, 4.69) is 23.3 Å². The summed E-state index contributed by atoms with van der Waals surface area (Å²) in [5, 5.41) is 8.87. The first-order valence-electron chi connectivity index (χ1n) is 11.0. The van der Waals surface area contributed by atoms with E-state index in [4.69, 9.17) is 27.4 Å². The molecule has 1 fully saturated rings. The van der Waals surface area contributed by atoms with Crippen molar-refractivity contribution in [2.75, 3.05) is 5.32 Å². The molecule has 0 amide bonds. The van der Waals surface area contributed by atoms with Crippen LogP contribution in [0.5, 0.6) is 0 Å². The van der Waals surface area contributed by atoms with Gasteiger partial charge in [0.15, 0.2) is 0 Å². The van der Waals surface area contributed by atoms with Crippen LogP contribution in [0, 0.1) is 0 Å². The van der Waals surface area contributed by atoms with Crippen molar-refractivity contribution in [3.63, 3.8) is 0 Å². The van der Waals surface area contributed by atoms with Gasteiger partial charge in [-0.1, -0.05) is 57.7 Å². The third-order valence-electron chi connectivity index (χ3n) is 5.05. The average Bonchev–Trinajstić information content (AvgIpc) is 3.34. The molecule has 4 rings (SSSR count). The summed E-state index contributed by atoms with van der Waals surface area (Å²) >= 11 is 6.36. The van der Waals surface area contributed by atoms with E-state index >= 15 is 0 Å². The summed E-state index contributed by atoms with van der Waals surface area (Å²) in [6, 6.07) is 8.67. The maximum atomic E-state index is 6.36. The number of halogens is 1. The highest BCUT2D eigenvalue weighted by molar-refractivity contribution is 6.29. The van der Waals surface area contributed by atoms with Gasteiger partial charge >= 0.3 is 0 Å². The molecular formula is C23H33ClN6. The van der Waals surface area contributed by atoms with E-state index in [-0.39, 0.29) is 0 Å². The van der Waals surface area contributed by atoms with Crippen LogP contribution in [0.3, 0.4) is 0 Å². The van der Waals surface area contributed by atoms with Crippen molar-refractivity contribution >= 4 is 23.1 Å². The Labute approximate surface area is 184 Å². The standard InChI is InChI=1S/C20H24ClN5.C3H9N/c1-2-3-9-16-19(17-10-6-11-18(21)26(17)25-16)15-12-13-22-20(24-15)23-14-7-4-5-8-14;1-3(2)4/h6,10-14H,2-5,7-9H2,1H3,(H,22,23,24);3H,4H2,1-2H3. The smallest absolute Gasteiger partial charge is 0.223 e. The van der Waals surface area contributed by atoms with E-state index in [1.165, 1.54) is 25.7 Å². The van der Waals surface area contributed by atoms with Crippen LogP contribution in [-0.2, 0) is 6.42 Å². The largest absolute Gasteiger partial charge is 0.351 e. The Hall–Kier alpha value is -2.18. The first-order valence-corrected chi connectivity index (χ1v) is 11.4. The summed E-state index contributed by atoms with van der Waals surface area (Å²) < 4.78 is 1.81.